The first-order valence-corrected chi connectivity index (χ1v) is 15.4. The molecule has 40 heavy (non-hydrogen) atoms. The number of ketones is 1. The molecule has 0 spiro atoms. The lowest BCUT2D eigenvalue weighted by molar-refractivity contribution is -0.343. The molecule has 0 aliphatic heterocycles. The standard InChI is InChI=1S/C33H50O7/c1-9-23(19(2)3)11-10-20(4)25-13-15-33(40-37)27-17-30(36)31(7)18-29(39-22(6)35)28(38-21(5)34)16-26(31)24(27)12-14-32(25,33)8/h16-17,19-20,23-25,28-29,37H,9-15,18H2,1-8H3/t20-,23-,24-,25-,28+,29-,31-,32-,33-/m1/s1. The van der Waals surface area contributed by atoms with E-state index in [1.54, 1.807) is 6.08 Å². The fraction of sp³-hybridized carbons (Fsp3) is 0.788. The lowest BCUT2D eigenvalue weighted by Gasteiger charge is -2.56. The smallest absolute Gasteiger partial charge is 0.303 e. The van der Waals surface area contributed by atoms with Crippen LogP contribution in [0.15, 0.2) is 23.3 Å². The lowest BCUT2D eigenvalue weighted by atomic mass is 9.50. The molecule has 0 heterocycles. The van der Waals surface area contributed by atoms with Gasteiger partial charge in [0.25, 0.3) is 0 Å². The normalized spacial score (nSPS) is 38.4. The number of hydrogen-bond donors (Lipinski definition) is 1. The van der Waals surface area contributed by atoms with Gasteiger partial charge in [0.05, 0.1) is 5.41 Å². The highest BCUT2D eigenvalue weighted by Crippen LogP contribution is 2.68. The Labute approximate surface area is 240 Å². The van der Waals surface area contributed by atoms with Gasteiger partial charge in [-0.1, -0.05) is 47.5 Å². The topological polar surface area (TPSA) is 99.1 Å². The van der Waals surface area contributed by atoms with E-state index in [2.05, 4.69) is 34.6 Å². The van der Waals surface area contributed by atoms with Gasteiger partial charge in [0.1, 0.15) is 11.7 Å². The molecule has 0 saturated heterocycles. The molecule has 0 radical (unpaired) electrons. The molecule has 9 atom stereocenters. The van der Waals surface area contributed by atoms with Gasteiger partial charge in [-0.05, 0) is 86.0 Å². The third-order valence-corrected chi connectivity index (χ3v) is 11.4. The van der Waals surface area contributed by atoms with Gasteiger partial charge in [-0.25, -0.2) is 4.89 Å². The van der Waals surface area contributed by atoms with E-state index in [4.69, 9.17) is 14.4 Å². The number of esters is 2. The molecule has 224 valence electrons. The molecule has 7 nitrogen and oxygen atoms in total. The molecular weight excluding hydrogens is 508 g/mol. The van der Waals surface area contributed by atoms with Crippen molar-refractivity contribution < 1.29 is 34.0 Å². The minimum atomic E-state index is -0.932. The van der Waals surface area contributed by atoms with Crippen LogP contribution in [0.3, 0.4) is 0 Å². The monoisotopic (exact) mass is 558 g/mol. The summed E-state index contributed by atoms with van der Waals surface area (Å²) < 4.78 is 11.1. The molecule has 4 rings (SSSR count). The fourth-order valence-corrected chi connectivity index (χ4v) is 9.12. The Morgan fingerprint density at radius 3 is 2.27 bits per heavy atom. The van der Waals surface area contributed by atoms with Crippen molar-refractivity contribution >= 4 is 17.7 Å². The van der Waals surface area contributed by atoms with Gasteiger partial charge in [0.2, 0.25) is 0 Å². The Hall–Kier alpha value is -1.99. The van der Waals surface area contributed by atoms with Crippen LogP contribution in [0, 0.1) is 40.4 Å². The molecule has 1 N–H and O–H groups in total. The van der Waals surface area contributed by atoms with Gasteiger partial charge in [-0.15, -0.1) is 0 Å². The van der Waals surface area contributed by atoms with Gasteiger partial charge in [0, 0.05) is 31.6 Å². The number of allylic oxidation sites excluding steroid dienone is 2. The molecule has 0 amide bonds. The summed E-state index contributed by atoms with van der Waals surface area (Å²) in [7, 11) is 0. The van der Waals surface area contributed by atoms with Crippen LogP contribution < -0.4 is 0 Å². The van der Waals surface area contributed by atoms with Crippen molar-refractivity contribution in [1.29, 1.82) is 0 Å². The van der Waals surface area contributed by atoms with Crippen molar-refractivity contribution in [3.8, 4) is 0 Å². The third-order valence-electron chi connectivity index (χ3n) is 11.4. The van der Waals surface area contributed by atoms with Crippen LogP contribution >= 0.6 is 0 Å². The van der Waals surface area contributed by atoms with Crippen molar-refractivity contribution in [1.82, 2.24) is 0 Å². The molecule has 0 aromatic rings. The third kappa shape index (κ3) is 4.99. The van der Waals surface area contributed by atoms with E-state index in [0.29, 0.717) is 30.1 Å². The number of carbonyl (C=O) groups is 3. The van der Waals surface area contributed by atoms with E-state index in [-0.39, 0.29) is 23.5 Å². The van der Waals surface area contributed by atoms with Crippen LogP contribution in [0.1, 0.15) is 107 Å². The Balaban J connectivity index is 1.68. The van der Waals surface area contributed by atoms with Crippen molar-refractivity contribution in [3.05, 3.63) is 23.3 Å². The molecule has 0 aromatic heterocycles. The van der Waals surface area contributed by atoms with E-state index >= 15 is 0 Å². The van der Waals surface area contributed by atoms with Crippen LogP contribution in [0.2, 0.25) is 0 Å². The minimum absolute atomic E-state index is 0.0803. The summed E-state index contributed by atoms with van der Waals surface area (Å²) in [6, 6.07) is 0. The molecule has 0 unspecified atom stereocenters. The van der Waals surface area contributed by atoms with E-state index in [1.807, 2.05) is 13.0 Å². The largest absolute Gasteiger partial charge is 0.458 e. The zero-order valence-electron chi connectivity index (χ0n) is 25.7. The van der Waals surface area contributed by atoms with Gasteiger partial charge in [-0.3, -0.25) is 19.6 Å². The SMILES string of the molecule is CC[C@H](CC[C@@H](C)[C@H]1CC[C@@]2(OO)C3=CC(=O)[C@]4(C)C[C@@H](OC(C)=O)[C@@H](OC(C)=O)C=C4[C@H]3CC[C@]12C)C(C)C. The highest BCUT2D eigenvalue weighted by molar-refractivity contribution is 6.00. The summed E-state index contributed by atoms with van der Waals surface area (Å²) in [4.78, 5) is 43.3. The zero-order chi connectivity index (χ0) is 29.6. The van der Waals surface area contributed by atoms with Crippen molar-refractivity contribution in [2.75, 3.05) is 0 Å². The van der Waals surface area contributed by atoms with E-state index in [0.717, 1.165) is 36.8 Å². The van der Waals surface area contributed by atoms with Gasteiger partial charge < -0.3 is 9.47 Å². The second-order valence-corrected chi connectivity index (χ2v) is 13.9. The summed E-state index contributed by atoms with van der Waals surface area (Å²) >= 11 is 0. The molecule has 4 aliphatic rings. The average molecular weight is 559 g/mol. The highest BCUT2D eigenvalue weighted by Gasteiger charge is 2.67. The van der Waals surface area contributed by atoms with Gasteiger partial charge >= 0.3 is 11.9 Å². The highest BCUT2D eigenvalue weighted by atomic mass is 17.1. The van der Waals surface area contributed by atoms with Crippen LogP contribution in [-0.2, 0) is 28.7 Å². The first-order valence-electron chi connectivity index (χ1n) is 15.4. The van der Waals surface area contributed by atoms with Crippen LogP contribution in [-0.4, -0.2) is 40.8 Å². The quantitative estimate of drug-likeness (QED) is 0.143. The molecular formula is C33H50O7. The van der Waals surface area contributed by atoms with Crippen molar-refractivity contribution in [2.45, 2.75) is 125 Å². The first-order chi connectivity index (χ1) is 18.7. The second-order valence-electron chi connectivity index (χ2n) is 13.9. The summed E-state index contributed by atoms with van der Waals surface area (Å²) in [5, 5.41) is 10.6. The minimum Gasteiger partial charge on any atom is -0.458 e. The molecule has 7 heteroatoms. The Kier molecular flexibility index (Phi) is 8.79. The summed E-state index contributed by atoms with van der Waals surface area (Å²) in [5.41, 5.74) is -0.372. The summed E-state index contributed by atoms with van der Waals surface area (Å²) in [6.45, 7) is 16.0. The van der Waals surface area contributed by atoms with E-state index in [1.165, 1.54) is 26.7 Å². The molecule has 2 fully saturated rings. The molecule has 4 aliphatic carbocycles. The van der Waals surface area contributed by atoms with Gasteiger partial charge in [-0.2, -0.15) is 0 Å². The molecule has 0 aromatic carbocycles. The van der Waals surface area contributed by atoms with Crippen molar-refractivity contribution in [3.63, 3.8) is 0 Å². The zero-order valence-corrected chi connectivity index (χ0v) is 25.7. The number of rotatable bonds is 9. The fourth-order valence-electron chi connectivity index (χ4n) is 9.12. The van der Waals surface area contributed by atoms with Crippen LogP contribution in [0.4, 0.5) is 0 Å². The van der Waals surface area contributed by atoms with E-state index in [9.17, 15) is 19.6 Å². The van der Waals surface area contributed by atoms with E-state index < -0.39 is 35.2 Å². The lowest BCUT2D eigenvalue weighted by Crippen LogP contribution is -2.58. The summed E-state index contributed by atoms with van der Waals surface area (Å²) in [5.74, 6) is 1.08. The molecule has 0 bridgehead atoms. The van der Waals surface area contributed by atoms with Crippen LogP contribution in [0.25, 0.3) is 0 Å². The maximum absolute atomic E-state index is 13.9. The molecule has 2 saturated carbocycles. The Morgan fingerprint density at radius 2 is 1.70 bits per heavy atom. The predicted octanol–water partition coefficient (Wildman–Crippen LogP) is 6.85. The van der Waals surface area contributed by atoms with Crippen molar-refractivity contribution in [2.24, 2.45) is 40.4 Å². The van der Waals surface area contributed by atoms with Gasteiger partial charge in [0.15, 0.2) is 11.9 Å². The average Bonchev–Trinajstić information content (AvgIpc) is 3.18. The van der Waals surface area contributed by atoms with Crippen LogP contribution in [0.5, 0.6) is 0 Å². The number of ether oxygens (including phenoxy) is 2. The maximum Gasteiger partial charge on any atom is 0.303 e. The second kappa shape index (κ2) is 11.4. The summed E-state index contributed by atoms with van der Waals surface area (Å²) in [6.07, 6.45) is 9.13. The number of hydrogen-bond acceptors (Lipinski definition) is 7. The first kappa shape index (κ1) is 31.0. The number of fused-ring (bicyclic) bond motifs is 5. The Bertz CT molecular complexity index is 1070. The number of carbonyl (C=O) groups excluding carboxylic acids is 3. The maximum atomic E-state index is 13.9. The predicted molar refractivity (Wildman–Crippen MR) is 152 cm³/mol. The Morgan fingerprint density at radius 1 is 1.02 bits per heavy atom.